The van der Waals surface area contributed by atoms with Crippen molar-refractivity contribution in [2.24, 2.45) is 0 Å². The molecule has 40 heavy (non-hydrogen) atoms. The molecule has 0 bridgehead atoms. The second kappa shape index (κ2) is 8.55. The van der Waals surface area contributed by atoms with E-state index in [9.17, 15) is 0 Å². The molecule has 0 spiro atoms. The van der Waals surface area contributed by atoms with E-state index >= 15 is 0 Å². The predicted molar refractivity (Wildman–Crippen MR) is 175 cm³/mol. The molecule has 0 aliphatic heterocycles. The van der Waals surface area contributed by atoms with Crippen molar-refractivity contribution >= 4 is 64.1 Å². The maximum Gasteiger partial charge on any atom is 0.0634 e. The Hall–Kier alpha value is -4.40. The summed E-state index contributed by atoms with van der Waals surface area (Å²) in [5.74, 6) is 0. The van der Waals surface area contributed by atoms with Crippen LogP contribution in [-0.4, -0.2) is 4.57 Å². The van der Waals surface area contributed by atoms with Crippen molar-refractivity contribution in [3.63, 3.8) is 0 Å². The normalized spacial score (nSPS) is 12.4. The summed E-state index contributed by atoms with van der Waals surface area (Å²) in [6.45, 7) is 6.90. The molecule has 6 aromatic carbocycles. The Kier molecular flexibility index (Phi) is 5.02. The summed E-state index contributed by atoms with van der Waals surface area (Å²) in [5, 5.41) is 8.00. The molecule has 0 amide bonds. The van der Waals surface area contributed by atoms with Crippen LogP contribution in [0.25, 0.3) is 69.6 Å². The van der Waals surface area contributed by atoms with Gasteiger partial charge in [-0.25, -0.2) is 0 Å². The van der Waals surface area contributed by atoms with Crippen molar-refractivity contribution in [2.75, 3.05) is 0 Å². The number of hydrogen-bond acceptors (Lipinski definition) is 1. The van der Waals surface area contributed by atoms with Crippen LogP contribution < -0.4 is 0 Å². The third-order valence-corrected chi connectivity index (χ3v) is 9.51. The van der Waals surface area contributed by atoms with Gasteiger partial charge in [0.1, 0.15) is 0 Å². The first-order valence-corrected chi connectivity index (χ1v) is 14.8. The van der Waals surface area contributed by atoms with E-state index in [-0.39, 0.29) is 5.41 Å². The average molecular weight is 532 g/mol. The number of aromatic nitrogens is 1. The van der Waals surface area contributed by atoms with Crippen LogP contribution in [-0.2, 0) is 5.41 Å². The first-order valence-electron chi connectivity index (χ1n) is 14.0. The lowest BCUT2D eigenvalue weighted by Crippen LogP contribution is -2.10. The minimum Gasteiger partial charge on any atom is -0.309 e. The molecule has 2 heterocycles. The van der Waals surface area contributed by atoms with Crippen LogP contribution in [0.4, 0.5) is 0 Å². The Bertz CT molecular complexity index is 2230. The summed E-state index contributed by atoms with van der Waals surface area (Å²) in [7, 11) is 0. The van der Waals surface area contributed by atoms with Crippen molar-refractivity contribution in [3.05, 3.63) is 127 Å². The summed E-state index contributed by atoms with van der Waals surface area (Å²) in [4.78, 5) is 0. The van der Waals surface area contributed by atoms with Crippen molar-refractivity contribution in [3.8, 4) is 16.8 Å². The van der Waals surface area contributed by atoms with Crippen molar-refractivity contribution in [2.45, 2.75) is 26.2 Å². The van der Waals surface area contributed by atoms with Gasteiger partial charge in [0.15, 0.2) is 0 Å². The zero-order valence-electron chi connectivity index (χ0n) is 22.9. The number of fused-ring (bicyclic) bond motifs is 10. The largest absolute Gasteiger partial charge is 0.309 e. The standard InChI is InChI=1S/C38H29NS/c1-38(2,3)26-19-20-30-32(23-26)39(27-14-8-5-9-15-27)36-29-17-11-10-16-28(29)34-31-22-25(24-12-6-4-7-13-24)18-21-33(31)40-37(34)35(30)36/h4-23H,1-3H3. The monoisotopic (exact) mass is 531 g/mol. The molecular formula is C38H29NS. The molecule has 0 saturated heterocycles. The third kappa shape index (κ3) is 3.39. The fraction of sp³-hybridized carbons (Fsp3) is 0.105. The molecule has 0 atom stereocenters. The predicted octanol–water partition coefficient (Wildman–Crippen LogP) is 11.3. The highest BCUT2D eigenvalue weighted by Gasteiger charge is 2.23. The first-order chi connectivity index (χ1) is 19.5. The zero-order chi connectivity index (χ0) is 27.0. The molecule has 8 rings (SSSR count). The van der Waals surface area contributed by atoms with Crippen LogP contribution in [0.2, 0.25) is 0 Å². The van der Waals surface area contributed by atoms with Crippen LogP contribution in [0.15, 0.2) is 121 Å². The molecule has 0 fully saturated rings. The summed E-state index contributed by atoms with van der Waals surface area (Å²) in [5.41, 5.74) is 7.70. The van der Waals surface area contributed by atoms with Gasteiger partial charge in [0, 0.05) is 42.0 Å². The molecule has 0 aliphatic rings. The van der Waals surface area contributed by atoms with Crippen LogP contribution in [0.3, 0.4) is 0 Å². The van der Waals surface area contributed by atoms with Crippen molar-refractivity contribution < 1.29 is 0 Å². The molecule has 2 heteroatoms. The van der Waals surface area contributed by atoms with Crippen molar-refractivity contribution in [1.29, 1.82) is 0 Å². The molecule has 0 N–H and O–H groups in total. The molecule has 2 aromatic heterocycles. The topological polar surface area (TPSA) is 4.93 Å². The molecule has 0 unspecified atom stereocenters. The van der Waals surface area contributed by atoms with Gasteiger partial charge in [0.2, 0.25) is 0 Å². The van der Waals surface area contributed by atoms with Crippen LogP contribution in [0.1, 0.15) is 26.3 Å². The van der Waals surface area contributed by atoms with Gasteiger partial charge in [-0.2, -0.15) is 0 Å². The lowest BCUT2D eigenvalue weighted by Gasteiger charge is -2.19. The molecular weight excluding hydrogens is 502 g/mol. The highest BCUT2D eigenvalue weighted by atomic mass is 32.1. The van der Waals surface area contributed by atoms with Gasteiger partial charge in [0.25, 0.3) is 0 Å². The Labute approximate surface area is 237 Å². The van der Waals surface area contributed by atoms with Gasteiger partial charge in [-0.3, -0.25) is 0 Å². The van der Waals surface area contributed by atoms with Crippen LogP contribution in [0, 0.1) is 0 Å². The van der Waals surface area contributed by atoms with E-state index in [0.717, 1.165) is 0 Å². The minimum atomic E-state index is 0.0645. The van der Waals surface area contributed by atoms with Gasteiger partial charge >= 0.3 is 0 Å². The van der Waals surface area contributed by atoms with Gasteiger partial charge in [-0.1, -0.05) is 112 Å². The molecule has 1 nitrogen and oxygen atoms in total. The van der Waals surface area contributed by atoms with E-state index in [2.05, 4.69) is 147 Å². The van der Waals surface area contributed by atoms with E-state index in [4.69, 9.17) is 0 Å². The van der Waals surface area contributed by atoms with E-state index < -0.39 is 0 Å². The van der Waals surface area contributed by atoms with E-state index in [1.165, 1.54) is 75.1 Å². The number of hydrogen-bond donors (Lipinski definition) is 0. The number of thiophene rings is 1. The second-order valence-corrected chi connectivity index (χ2v) is 12.9. The first kappa shape index (κ1) is 23.5. The zero-order valence-corrected chi connectivity index (χ0v) is 23.7. The van der Waals surface area contributed by atoms with Gasteiger partial charge in [0.05, 0.1) is 11.0 Å². The Balaban J connectivity index is 1.60. The minimum absolute atomic E-state index is 0.0645. The molecule has 192 valence electrons. The lowest BCUT2D eigenvalue weighted by atomic mass is 9.86. The fourth-order valence-electron chi connectivity index (χ4n) is 6.34. The SMILES string of the molecule is CC(C)(C)c1ccc2c3c4sc5ccc(-c6ccccc6)cc5c4c4ccccc4c3n(-c3ccccc3)c2c1. The van der Waals surface area contributed by atoms with Gasteiger partial charge in [-0.05, 0) is 57.8 Å². The molecule has 0 aliphatic carbocycles. The van der Waals surface area contributed by atoms with E-state index in [1.807, 2.05) is 11.3 Å². The molecule has 0 radical (unpaired) electrons. The number of rotatable bonds is 2. The van der Waals surface area contributed by atoms with Crippen LogP contribution >= 0.6 is 11.3 Å². The number of benzene rings is 6. The highest BCUT2D eigenvalue weighted by molar-refractivity contribution is 7.27. The lowest BCUT2D eigenvalue weighted by molar-refractivity contribution is 0.591. The second-order valence-electron chi connectivity index (χ2n) is 11.8. The third-order valence-electron chi connectivity index (χ3n) is 8.32. The summed E-state index contributed by atoms with van der Waals surface area (Å²) in [6, 6.07) is 44.7. The summed E-state index contributed by atoms with van der Waals surface area (Å²) >= 11 is 1.93. The number of para-hydroxylation sites is 1. The molecule has 8 aromatic rings. The maximum atomic E-state index is 2.50. The quantitative estimate of drug-likeness (QED) is 0.209. The summed E-state index contributed by atoms with van der Waals surface area (Å²) < 4.78 is 5.21. The average Bonchev–Trinajstić information content (AvgIpc) is 3.53. The highest BCUT2D eigenvalue weighted by Crippen LogP contribution is 2.49. The fourth-order valence-corrected chi connectivity index (χ4v) is 7.60. The van der Waals surface area contributed by atoms with Gasteiger partial charge in [-0.15, -0.1) is 11.3 Å². The maximum absolute atomic E-state index is 2.50. The Morgan fingerprint density at radius 2 is 1.25 bits per heavy atom. The van der Waals surface area contributed by atoms with E-state index in [1.54, 1.807) is 0 Å². The van der Waals surface area contributed by atoms with Gasteiger partial charge < -0.3 is 4.57 Å². The number of nitrogens with zero attached hydrogens (tertiary/aromatic N) is 1. The van der Waals surface area contributed by atoms with Crippen LogP contribution in [0.5, 0.6) is 0 Å². The Morgan fingerprint density at radius 3 is 2.00 bits per heavy atom. The smallest absolute Gasteiger partial charge is 0.0634 e. The molecule has 0 saturated carbocycles. The summed E-state index contributed by atoms with van der Waals surface area (Å²) in [6.07, 6.45) is 0. The van der Waals surface area contributed by atoms with Crippen molar-refractivity contribution in [1.82, 2.24) is 4.57 Å². The Morgan fingerprint density at radius 1 is 0.550 bits per heavy atom. The van der Waals surface area contributed by atoms with E-state index in [0.29, 0.717) is 0 Å².